The quantitative estimate of drug-likeness (QED) is 0.450. The standard InChI is InChI=1S/C18H17ClN4O2S/c1-24-16-7-8-17(25-2)14(9-16)10-21-23-12-20-22-18(23)26-11-13-3-5-15(19)6-4-13/h3-10,12H,11H2,1-2H3/b21-10+. The van der Waals surface area contributed by atoms with Crippen LogP contribution in [-0.4, -0.2) is 35.3 Å². The van der Waals surface area contributed by atoms with Crippen LogP contribution in [0.15, 0.2) is 59.0 Å². The van der Waals surface area contributed by atoms with Crippen LogP contribution in [0.5, 0.6) is 11.5 Å². The number of benzene rings is 2. The number of hydrogen-bond donors (Lipinski definition) is 0. The summed E-state index contributed by atoms with van der Waals surface area (Å²) in [6.45, 7) is 0. The van der Waals surface area contributed by atoms with Gasteiger partial charge in [0.2, 0.25) is 5.16 Å². The van der Waals surface area contributed by atoms with Crippen LogP contribution in [-0.2, 0) is 5.75 Å². The highest BCUT2D eigenvalue weighted by Crippen LogP contribution is 2.24. The van der Waals surface area contributed by atoms with Gasteiger partial charge in [-0.3, -0.25) is 0 Å². The van der Waals surface area contributed by atoms with Crippen molar-refractivity contribution in [2.45, 2.75) is 10.9 Å². The summed E-state index contributed by atoms with van der Waals surface area (Å²) in [7, 11) is 3.24. The molecule has 0 saturated heterocycles. The molecule has 0 saturated carbocycles. The van der Waals surface area contributed by atoms with Crippen molar-refractivity contribution in [3.63, 3.8) is 0 Å². The zero-order chi connectivity index (χ0) is 18.4. The van der Waals surface area contributed by atoms with E-state index in [1.54, 1.807) is 43.2 Å². The third kappa shape index (κ3) is 4.56. The lowest BCUT2D eigenvalue weighted by Crippen LogP contribution is -1.96. The molecule has 0 aliphatic rings. The number of hydrogen-bond acceptors (Lipinski definition) is 6. The SMILES string of the molecule is COc1ccc(OC)c(/C=N/n2cnnc2SCc2ccc(Cl)cc2)c1. The summed E-state index contributed by atoms with van der Waals surface area (Å²) in [4.78, 5) is 0. The molecule has 8 heteroatoms. The van der Waals surface area contributed by atoms with Crippen molar-refractivity contribution in [3.05, 3.63) is 64.9 Å². The van der Waals surface area contributed by atoms with Crippen molar-refractivity contribution in [1.82, 2.24) is 14.9 Å². The first-order valence-electron chi connectivity index (χ1n) is 7.73. The predicted molar refractivity (Wildman–Crippen MR) is 104 cm³/mol. The summed E-state index contributed by atoms with van der Waals surface area (Å²) in [6.07, 6.45) is 3.25. The zero-order valence-electron chi connectivity index (χ0n) is 14.3. The number of nitrogens with zero attached hydrogens (tertiary/aromatic N) is 4. The van der Waals surface area contributed by atoms with Crippen molar-refractivity contribution in [3.8, 4) is 11.5 Å². The van der Waals surface area contributed by atoms with Gasteiger partial charge < -0.3 is 9.47 Å². The smallest absolute Gasteiger partial charge is 0.212 e. The summed E-state index contributed by atoms with van der Waals surface area (Å²) < 4.78 is 12.2. The minimum absolute atomic E-state index is 0.693. The first-order valence-corrected chi connectivity index (χ1v) is 9.09. The van der Waals surface area contributed by atoms with Gasteiger partial charge in [-0.15, -0.1) is 10.2 Å². The number of thioether (sulfide) groups is 1. The molecule has 3 aromatic rings. The molecule has 26 heavy (non-hydrogen) atoms. The van der Waals surface area contributed by atoms with Gasteiger partial charge in [0.05, 0.1) is 20.4 Å². The predicted octanol–water partition coefficient (Wildman–Crippen LogP) is 4.12. The van der Waals surface area contributed by atoms with Crippen LogP contribution in [0.1, 0.15) is 11.1 Å². The summed E-state index contributed by atoms with van der Waals surface area (Å²) in [5, 5.41) is 13.9. The Hall–Kier alpha value is -2.51. The van der Waals surface area contributed by atoms with Gasteiger partial charge in [0, 0.05) is 16.3 Å². The molecule has 0 radical (unpaired) electrons. The molecule has 0 unspecified atom stereocenters. The molecular formula is C18H17ClN4O2S. The third-order valence-corrected chi connectivity index (χ3v) is 4.80. The van der Waals surface area contributed by atoms with E-state index in [9.17, 15) is 0 Å². The van der Waals surface area contributed by atoms with Gasteiger partial charge in [-0.2, -0.15) is 9.78 Å². The normalized spacial score (nSPS) is 11.0. The highest BCUT2D eigenvalue weighted by molar-refractivity contribution is 7.98. The highest BCUT2D eigenvalue weighted by Gasteiger charge is 2.06. The van der Waals surface area contributed by atoms with Gasteiger partial charge in [-0.25, -0.2) is 0 Å². The largest absolute Gasteiger partial charge is 0.497 e. The molecule has 0 N–H and O–H groups in total. The van der Waals surface area contributed by atoms with E-state index < -0.39 is 0 Å². The van der Waals surface area contributed by atoms with Crippen LogP contribution in [0.4, 0.5) is 0 Å². The molecular weight excluding hydrogens is 372 g/mol. The molecule has 0 aliphatic carbocycles. The van der Waals surface area contributed by atoms with E-state index >= 15 is 0 Å². The Morgan fingerprint density at radius 1 is 1.15 bits per heavy atom. The molecule has 2 aromatic carbocycles. The minimum Gasteiger partial charge on any atom is -0.497 e. The van der Waals surface area contributed by atoms with Crippen LogP contribution in [0.2, 0.25) is 5.02 Å². The van der Waals surface area contributed by atoms with Gasteiger partial charge in [-0.1, -0.05) is 35.5 Å². The lowest BCUT2D eigenvalue weighted by Gasteiger charge is -2.07. The molecule has 3 rings (SSSR count). The average Bonchev–Trinajstić information content (AvgIpc) is 3.13. The lowest BCUT2D eigenvalue weighted by molar-refractivity contribution is 0.402. The lowest BCUT2D eigenvalue weighted by atomic mass is 10.2. The van der Waals surface area contributed by atoms with Gasteiger partial charge in [0.15, 0.2) is 0 Å². The van der Waals surface area contributed by atoms with Crippen molar-refractivity contribution >= 4 is 29.6 Å². The molecule has 0 amide bonds. The van der Waals surface area contributed by atoms with Crippen molar-refractivity contribution < 1.29 is 9.47 Å². The molecule has 0 aliphatic heterocycles. The fourth-order valence-electron chi connectivity index (χ4n) is 2.19. The molecule has 134 valence electrons. The first kappa shape index (κ1) is 18.3. The van der Waals surface area contributed by atoms with Gasteiger partial charge in [0.25, 0.3) is 0 Å². The van der Waals surface area contributed by atoms with Gasteiger partial charge >= 0.3 is 0 Å². The van der Waals surface area contributed by atoms with E-state index in [0.29, 0.717) is 10.9 Å². The van der Waals surface area contributed by atoms with Crippen LogP contribution in [0.3, 0.4) is 0 Å². The Labute approximate surface area is 160 Å². The number of halogens is 1. The number of rotatable bonds is 7. The van der Waals surface area contributed by atoms with Gasteiger partial charge in [0.1, 0.15) is 17.8 Å². The van der Waals surface area contributed by atoms with E-state index in [1.807, 2.05) is 42.5 Å². The second-order valence-electron chi connectivity index (χ2n) is 5.23. The summed E-state index contributed by atoms with van der Waals surface area (Å²) >= 11 is 7.45. The second-order valence-corrected chi connectivity index (χ2v) is 6.60. The zero-order valence-corrected chi connectivity index (χ0v) is 15.9. The Balaban J connectivity index is 1.74. The molecule has 0 fully saturated rings. The molecule has 0 bridgehead atoms. The van der Waals surface area contributed by atoms with E-state index in [0.717, 1.165) is 27.7 Å². The maximum absolute atomic E-state index is 5.91. The summed E-state index contributed by atoms with van der Waals surface area (Å²) in [5.41, 5.74) is 1.95. The molecule has 0 spiro atoms. The van der Waals surface area contributed by atoms with Crippen LogP contribution in [0.25, 0.3) is 0 Å². The monoisotopic (exact) mass is 388 g/mol. The second kappa shape index (κ2) is 8.73. The Morgan fingerprint density at radius 3 is 2.69 bits per heavy atom. The van der Waals surface area contributed by atoms with E-state index in [1.165, 1.54) is 0 Å². The van der Waals surface area contributed by atoms with Crippen molar-refractivity contribution in [2.75, 3.05) is 14.2 Å². The van der Waals surface area contributed by atoms with E-state index in [-0.39, 0.29) is 0 Å². The van der Waals surface area contributed by atoms with Crippen LogP contribution < -0.4 is 9.47 Å². The van der Waals surface area contributed by atoms with Crippen LogP contribution >= 0.6 is 23.4 Å². The number of aromatic nitrogens is 3. The molecule has 0 atom stereocenters. The number of ether oxygens (including phenoxy) is 2. The maximum Gasteiger partial charge on any atom is 0.212 e. The Kier molecular flexibility index (Phi) is 6.14. The fourth-order valence-corrected chi connectivity index (χ4v) is 3.13. The highest BCUT2D eigenvalue weighted by atomic mass is 35.5. The van der Waals surface area contributed by atoms with Crippen molar-refractivity contribution in [2.24, 2.45) is 5.10 Å². The Morgan fingerprint density at radius 2 is 1.96 bits per heavy atom. The van der Waals surface area contributed by atoms with Crippen molar-refractivity contribution in [1.29, 1.82) is 0 Å². The topological polar surface area (TPSA) is 61.5 Å². The van der Waals surface area contributed by atoms with E-state index in [2.05, 4.69) is 15.3 Å². The Bertz CT molecular complexity index is 896. The molecule has 1 heterocycles. The van der Waals surface area contributed by atoms with Crippen LogP contribution in [0, 0.1) is 0 Å². The minimum atomic E-state index is 0.693. The fraction of sp³-hybridized carbons (Fsp3) is 0.167. The maximum atomic E-state index is 5.91. The van der Waals surface area contributed by atoms with Gasteiger partial charge in [-0.05, 0) is 35.9 Å². The number of methoxy groups -OCH3 is 2. The van der Waals surface area contributed by atoms with E-state index in [4.69, 9.17) is 21.1 Å². The molecule has 1 aromatic heterocycles. The third-order valence-electron chi connectivity index (χ3n) is 3.54. The average molecular weight is 389 g/mol. The molecule has 6 nitrogen and oxygen atoms in total. The first-order chi connectivity index (χ1) is 12.7. The summed E-state index contributed by atoms with van der Waals surface area (Å²) in [6, 6.07) is 13.2. The summed E-state index contributed by atoms with van der Waals surface area (Å²) in [5.74, 6) is 2.18.